The molecule has 2 aromatic rings. The number of nitro groups is 1. The highest BCUT2D eigenvalue weighted by Crippen LogP contribution is 2.43. The highest BCUT2D eigenvalue weighted by atomic mass is 16.6. The highest BCUT2D eigenvalue weighted by molar-refractivity contribution is 6.02. The van der Waals surface area contributed by atoms with E-state index in [4.69, 9.17) is 4.52 Å². The Morgan fingerprint density at radius 1 is 1.38 bits per heavy atom. The quantitative estimate of drug-likeness (QED) is 0.371. The molecule has 0 saturated carbocycles. The summed E-state index contributed by atoms with van der Waals surface area (Å²) in [6, 6.07) is 0.936. The van der Waals surface area contributed by atoms with Crippen molar-refractivity contribution in [3.63, 3.8) is 0 Å². The molecule has 0 atom stereocenters. The van der Waals surface area contributed by atoms with Crippen molar-refractivity contribution in [1.82, 2.24) is 10.1 Å². The van der Waals surface area contributed by atoms with Crippen molar-refractivity contribution in [2.75, 3.05) is 7.11 Å². The molecule has 2 rings (SSSR count). The molecule has 1 aromatic heterocycles. The van der Waals surface area contributed by atoms with Crippen LogP contribution in [0.15, 0.2) is 10.6 Å². The van der Waals surface area contributed by atoms with Crippen LogP contribution in [0, 0.1) is 10.1 Å². The maximum absolute atomic E-state index is 12.0. The summed E-state index contributed by atoms with van der Waals surface area (Å²) in [7, 11) is 1.02. The zero-order chi connectivity index (χ0) is 18.2. The zero-order valence-electron chi connectivity index (χ0n) is 13.4. The van der Waals surface area contributed by atoms with Crippen LogP contribution in [0.2, 0.25) is 0 Å². The number of phenols is 2. The summed E-state index contributed by atoms with van der Waals surface area (Å²) in [4.78, 5) is 26.3. The lowest BCUT2D eigenvalue weighted by atomic mass is 9.97. The van der Waals surface area contributed by atoms with Gasteiger partial charge in [0.05, 0.1) is 12.0 Å². The molecule has 10 heteroatoms. The SMILES string of the molecule is COC(=O)c1c(-c2noc(C(C)(C)C)n2)cc(O)c(O)c1[N+](=O)[O-]. The number of aromatic nitrogens is 2. The zero-order valence-corrected chi connectivity index (χ0v) is 13.4. The lowest BCUT2D eigenvalue weighted by Gasteiger charge is -2.10. The third-order valence-electron chi connectivity index (χ3n) is 3.13. The van der Waals surface area contributed by atoms with E-state index in [0.29, 0.717) is 0 Å². The van der Waals surface area contributed by atoms with Crippen molar-refractivity contribution in [3.05, 3.63) is 27.6 Å². The number of rotatable bonds is 3. The van der Waals surface area contributed by atoms with E-state index in [9.17, 15) is 25.1 Å². The molecule has 0 radical (unpaired) electrons. The molecule has 0 aliphatic heterocycles. The number of hydrogen-bond donors (Lipinski definition) is 2. The van der Waals surface area contributed by atoms with Gasteiger partial charge in [-0.05, 0) is 6.07 Å². The van der Waals surface area contributed by atoms with E-state index < -0.39 is 39.1 Å². The maximum atomic E-state index is 12.0. The lowest BCUT2D eigenvalue weighted by Crippen LogP contribution is -2.11. The summed E-state index contributed by atoms with van der Waals surface area (Å²) in [6.45, 7) is 5.42. The summed E-state index contributed by atoms with van der Waals surface area (Å²) in [5, 5.41) is 34.4. The van der Waals surface area contributed by atoms with Crippen LogP contribution >= 0.6 is 0 Å². The number of aromatic hydroxyl groups is 2. The molecule has 128 valence electrons. The molecule has 0 unspecified atom stereocenters. The van der Waals surface area contributed by atoms with Gasteiger partial charge in [-0.25, -0.2) is 4.79 Å². The monoisotopic (exact) mass is 337 g/mol. The van der Waals surface area contributed by atoms with E-state index in [1.54, 1.807) is 0 Å². The Hall–Kier alpha value is -3.17. The Balaban J connectivity index is 2.80. The summed E-state index contributed by atoms with van der Waals surface area (Å²) >= 11 is 0. The van der Waals surface area contributed by atoms with Crippen LogP contribution in [-0.2, 0) is 10.2 Å². The van der Waals surface area contributed by atoms with Crippen LogP contribution in [0.3, 0.4) is 0 Å². The van der Waals surface area contributed by atoms with Crippen molar-refractivity contribution in [2.24, 2.45) is 0 Å². The van der Waals surface area contributed by atoms with Crippen molar-refractivity contribution in [2.45, 2.75) is 26.2 Å². The fraction of sp³-hybridized carbons (Fsp3) is 0.357. The van der Waals surface area contributed by atoms with Crippen LogP contribution in [0.4, 0.5) is 5.69 Å². The van der Waals surface area contributed by atoms with E-state index >= 15 is 0 Å². The van der Waals surface area contributed by atoms with Crippen molar-refractivity contribution >= 4 is 11.7 Å². The molecule has 0 amide bonds. The van der Waals surface area contributed by atoms with Gasteiger partial charge in [-0.15, -0.1) is 0 Å². The third kappa shape index (κ3) is 2.85. The Kier molecular flexibility index (Phi) is 4.15. The first-order valence-electron chi connectivity index (χ1n) is 6.74. The minimum absolute atomic E-state index is 0.154. The average molecular weight is 337 g/mol. The van der Waals surface area contributed by atoms with Gasteiger partial charge in [0.15, 0.2) is 11.3 Å². The number of carbonyl (C=O) groups is 1. The molecule has 0 saturated heterocycles. The fourth-order valence-electron chi connectivity index (χ4n) is 1.94. The molecular formula is C14H15N3O7. The minimum atomic E-state index is -1.09. The van der Waals surface area contributed by atoms with E-state index in [2.05, 4.69) is 14.9 Å². The van der Waals surface area contributed by atoms with Crippen LogP contribution < -0.4 is 0 Å². The van der Waals surface area contributed by atoms with Gasteiger partial charge in [-0.1, -0.05) is 25.9 Å². The van der Waals surface area contributed by atoms with Gasteiger partial charge in [-0.3, -0.25) is 10.1 Å². The van der Waals surface area contributed by atoms with Gasteiger partial charge in [0.1, 0.15) is 0 Å². The molecule has 10 nitrogen and oxygen atoms in total. The number of hydrogen-bond acceptors (Lipinski definition) is 9. The normalized spacial score (nSPS) is 11.3. The van der Waals surface area contributed by atoms with E-state index in [-0.39, 0.29) is 17.3 Å². The molecule has 1 heterocycles. The number of methoxy groups -OCH3 is 1. The summed E-state index contributed by atoms with van der Waals surface area (Å²) in [6.07, 6.45) is 0. The maximum Gasteiger partial charge on any atom is 0.345 e. The van der Waals surface area contributed by atoms with E-state index in [1.165, 1.54) is 0 Å². The van der Waals surface area contributed by atoms with Gasteiger partial charge in [0.2, 0.25) is 17.5 Å². The second-order valence-electron chi connectivity index (χ2n) is 5.94. The number of ether oxygens (including phenoxy) is 1. The topological polar surface area (TPSA) is 149 Å². The van der Waals surface area contributed by atoms with Crippen molar-refractivity contribution < 1.29 is 29.2 Å². The van der Waals surface area contributed by atoms with Crippen molar-refractivity contribution in [3.8, 4) is 22.9 Å². The summed E-state index contributed by atoms with van der Waals surface area (Å²) in [5.41, 5.74) is -2.28. The van der Waals surface area contributed by atoms with E-state index in [1.807, 2.05) is 20.8 Å². The summed E-state index contributed by atoms with van der Waals surface area (Å²) in [5.74, 6) is -2.87. The molecule has 0 fully saturated rings. The Labute approximate surface area is 135 Å². The van der Waals surface area contributed by atoms with Crippen LogP contribution in [0.1, 0.15) is 37.0 Å². The largest absolute Gasteiger partial charge is 0.504 e. The molecule has 1 aromatic carbocycles. The minimum Gasteiger partial charge on any atom is -0.504 e. The lowest BCUT2D eigenvalue weighted by molar-refractivity contribution is -0.386. The molecule has 0 aliphatic rings. The van der Waals surface area contributed by atoms with Gasteiger partial charge in [-0.2, -0.15) is 4.98 Å². The predicted octanol–water partition coefficient (Wildman–Crippen LogP) is 2.14. The number of benzene rings is 1. The Morgan fingerprint density at radius 2 is 2.00 bits per heavy atom. The number of nitrogens with zero attached hydrogens (tertiary/aromatic N) is 3. The van der Waals surface area contributed by atoms with Crippen LogP contribution in [0.5, 0.6) is 11.5 Å². The van der Waals surface area contributed by atoms with Crippen LogP contribution in [-0.4, -0.2) is 38.4 Å². The fourth-order valence-corrected chi connectivity index (χ4v) is 1.94. The second-order valence-corrected chi connectivity index (χ2v) is 5.94. The van der Waals surface area contributed by atoms with Crippen LogP contribution in [0.25, 0.3) is 11.4 Å². The number of esters is 1. The van der Waals surface area contributed by atoms with Gasteiger partial charge >= 0.3 is 11.7 Å². The molecule has 0 aliphatic carbocycles. The van der Waals surface area contributed by atoms with Gasteiger partial charge in [0.25, 0.3) is 0 Å². The molecular weight excluding hydrogens is 322 g/mol. The number of phenolic OH excluding ortho intramolecular Hbond substituents is 2. The third-order valence-corrected chi connectivity index (χ3v) is 3.13. The average Bonchev–Trinajstić information content (AvgIpc) is 2.98. The molecule has 0 spiro atoms. The highest BCUT2D eigenvalue weighted by Gasteiger charge is 2.34. The van der Waals surface area contributed by atoms with Gasteiger partial charge < -0.3 is 19.5 Å². The predicted molar refractivity (Wildman–Crippen MR) is 79.8 cm³/mol. The van der Waals surface area contributed by atoms with Gasteiger partial charge in [0, 0.05) is 11.0 Å². The molecule has 0 bridgehead atoms. The standard InChI is InChI=1S/C14H15N3O7/c1-14(2,3)13-15-11(16-24-13)6-5-7(18)10(19)9(17(21)22)8(6)12(20)23-4/h5,18-19H,1-4H3. The van der Waals surface area contributed by atoms with E-state index in [0.717, 1.165) is 13.2 Å². The first-order chi connectivity index (χ1) is 11.1. The number of nitro benzene ring substituents is 1. The first-order valence-corrected chi connectivity index (χ1v) is 6.74. The number of carbonyl (C=O) groups excluding carboxylic acids is 1. The summed E-state index contributed by atoms with van der Waals surface area (Å²) < 4.78 is 9.63. The second kappa shape index (κ2) is 5.80. The smallest absolute Gasteiger partial charge is 0.345 e. The van der Waals surface area contributed by atoms with Crippen molar-refractivity contribution in [1.29, 1.82) is 0 Å². The Bertz CT molecular complexity index is 821. The first kappa shape index (κ1) is 17.2. The Morgan fingerprint density at radius 3 is 2.46 bits per heavy atom. The molecule has 2 N–H and O–H groups in total. The molecule has 24 heavy (non-hydrogen) atoms.